The highest BCUT2D eigenvalue weighted by Crippen LogP contribution is 2.28. The van der Waals surface area contributed by atoms with E-state index in [0.717, 1.165) is 35.4 Å². The Morgan fingerprint density at radius 1 is 1.17 bits per heavy atom. The number of hydrogen-bond acceptors (Lipinski definition) is 5. The van der Waals surface area contributed by atoms with E-state index in [1.165, 1.54) is 0 Å². The second-order valence-electron chi connectivity index (χ2n) is 6.16. The van der Waals surface area contributed by atoms with E-state index >= 15 is 0 Å². The van der Waals surface area contributed by atoms with Gasteiger partial charge in [0, 0.05) is 18.4 Å². The number of amides is 1. The van der Waals surface area contributed by atoms with Crippen LogP contribution in [0.25, 0.3) is 5.69 Å². The lowest BCUT2D eigenvalue weighted by Gasteiger charge is -2.08. The Bertz CT molecular complexity index is 1000. The fourth-order valence-corrected chi connectivity index (χ4v) is 3.42. The highest BCUT2D eigenvalue weighted by atomic mass is 32.2. The zero-order valence-corrected chi connectivity index (χ0v) is 16.5. The number of rotatable bonds is 6. The molecule has 10 heteroatoms. The second kappa shape index (κ2) is 8.64. The van der Waals surface area contributed by atoms with Gasteiger partial charge in [0.1, 0.15) is 5.69 Å². The van der Waals surface area contributed by atoms with Crippen molar-refractivity contribution in [1.29, 1.82) is 0 Å². The van der Waals surface area contributed by atoms with Crippen LogP contribution in [0.4, 0.5) is 18.9 Å². The van der Waals surface area contributed by atoms with Crippen LogP contribution in [0.5, 0.6) is 0 Å². The molecule has 29 heavy (non-hydrogen) atoms. The SMILES string of the molecule is Cc1nn(-c2ccccc2)c(C)c1NC(=O)CCSc1nccc(C(F)(F)F)n1. The lowest BCUT2D eigenvalue weighted by molar-refractivity contribution is -0.141. The van der Waals surface area contributed by atoms with Crippen molar-refractivity contribution in [1.82, 2.24) is 19.7 Å². The molecular weight excluding hydrogens is 403 g/mol. The van der Waals surface area contributed by atoms with Gasteiger partial charge in [0.15, 0.2) is 5.16 Å². The number of anilines is 1. The van der Waals surface area contributed by atoms with Crippen LogP contribution in [0.1, 0.15) is 23.5 Å². The predicted octanol–water partition coefficient (Wildman–Crippen LogP) is 4.42. The van der Waals surface area contributed by atoms with E-state index in [-0.39, 0.29) is 23.2 Å². The fraction of sp³-hybridized carbons (Fsp3) is 0.263. The first-order valence-corrected chi connectivity index (χ1v) is 9.69. The normalized spacial score (nSPS) is 11.5. The number of aromatic nitrogens is 4. The van der Waals surface area contributed by atoms with Crippen molar-refractivity contribution in [3.63, 3.8) is 0 Å². The molecule has 152 valence electrons. The Labute approximate surface area is 169 Å². The molecule has 0 aliphatic rings. The monoisotopic (exact) mass is 421 g/mol. The third-order valence-corrected chi connectivity index (χ3v) is 4.90. The number of thioether (sulfide) groups is 1. The number of carbonyl (C=O) groups excluding carboxylic acids is 1. The van der Waals surface area contributed by atoms with Crippen molar-refractivity contribution in [2.75, 3.05) is 11.1 Å². The van der Waals surface area contributed by atoms with Gasteiger partial charge in [-0.25, -0.2) is 14.6 Å². The van der Waals surface area contributed by atoms with Crippen LogP contribution in [0.2, 0.25) is 0 Å². The molecule has 3 aromatic rings. The van der Waals surface area contributed by atoms with Crippen LogP contribution >= 0.6 is 11.8 Å². The van der Waals surface area contributed by atoms with Crippen LogP contribution in [-0.4, -0.2) is 31.4 Å². The molecule has 2 aromatic heterocycles. The molecule has 0 unspecified atom stereocenters. The standard InChI is InChI=1S/C19H18F3N5OS/c1-12-17(13(2)27(26-12)14-6-4-3-5-7-14)25-16(28)9-11-29-18-23-10-8-15(24-18)19(20,21)22/h3-8,10H,9,11H2,1-2H3,(H,25,28). The number of carbonyl (C=O) groups is 1. The average Bonchev–Trinajstić information content (AvgIpc) is 2.96. The number of nitrogens with one attached hydrogen (secondary N) is 1. The highest BCUT2D eigenvalue weighted by Gasteiger charge is 2.32. The third kappa shape index (κ3) is 5.14. The predicted molar refractivity (Wildman–Crippen MR) is 104 cm³/mol. The van der Waals surface area contributed by atoms with Crippen LogP contribution in [-0.2, 0) is 11.0 Å². The summed E-state index contributed by atoms with van der Waals surface area (Å²) in [6.45, 7) is 3.65. The first-order valence-electron chi connectivity index (χ1n) is 8.70. The van der Waals surface area contributed by atoms with Crippen LogP contribution in [0, 0.1) is 13.8 Å². The average molecular weight is 421 g/mol. The van der Waals surface area contributed by atoms with Crippen LogP contribution < -0.4 is 5.32 Å². The van der Waals surface area contributed by atoms with Gasteiger partial charge in [-0.2, -0.15) is 18.3 Å². The third-order valence-electron chi connectivity index (χ3n) is 4.04. The fourth-order valence-electron chi connectivity index (χ4n) is 2.65. The van der Waals surface area contributed by atoms with Crippen molar-refractivity contribution in [2.45, 2.75) is 31.6 Å². The van der Waals surface area contributed by atoms with Crippen molar-refractivity contribution in [2.24, 2.45) is 0 Å². The molecule has 0 aliphatic heterocycles. The minimum atomic E-state index is -4.52. The lowest BCUT2D eigenvalue weighted by Crippen LogP contribution is -2.14. The summed E-state index contributed by atoms with van der Waals surface area (Å²) in [6, 6.07) is 10.3. The molecule has 0 saturated heterocycles. The summed E-state index contributed by atoms with van der Waals surface area (Å²) in [5.41, 5.74) is 1.97. The van der Waals surface area contributed by atoms with E-state index in [1.54, 1.807) is 11.6 Å². The minimum Gasteiger partial charge on any atom is -0.323 e. The van der Waals surface area contributed by atoms with E-state index in [9.17, 15) is 18.0 Å². The molecule has 0 fully saturated rings. The first-order chi connectivity index (χ1) is 13.8. The summed E-state index contributed by atoms with van der Waals surface area (Å²) in [6.07, 6.45) is -3.37. The van der Waals surface area contributed by atoms with Gasteiger partial charge in [-0.3, -0.25) is 4.79 Å². The Kier molecular flexibility index (Phi) is 6.21. The topological polar surface area (TPSA) is 72.7 Å². The molecular formula is C19H18F3N5OS. The number of alkyl halides is 3. The summed E-state index contributed by atoms with van der Waals surface area (Å²) in [5, 5.41) is 7.28. The van der Waals surface area contributed by atoms with Crippen LogP contribution in [0.15, 0.2) is 47.8 Å². The molecule has 3 rings (SSSR count). The zero-order chi connectivity index (χ0) is 21.0. The smallest absolute Gasteiger partial charge is 0.323 e. The summed E-state index contributed by atoms with van der Waals surface area (Å²) >= 11 is 0.996. The van der Waals surface area contributed by atoms with Gasteiger partial charge in [0.05, 0.1) is 22.8 Å². The quantitative estimate of drug-likeness (QED) is 0.471. The Morgan fingerprint density at radius 2 is 1.90 bits per heavy atom. The number of hydrogen-bond donors (Lipinski definition) is 1. The van der Waals surface area contributed by atoms with E-state index in [4.69, 9.17) is 0 Å². The molecule has 0 atom stereocenters. The molecule has 0 spiro atoms. The zero-order valence-electron chi connectivity index (χ0n) is 15.7. The van der Waals surface area contributed by atoms with Gasteiger partial charge in [0.25, 0.3) is 0 Å². The van der Waals surface area contributed by atoms with Gasteiger partial charge in [0.2, 0.25) is 5.91 Å². The van der Waals surface area contributed by atoms with Gasteiger partial charge < -0.3 is 5.32 Å². The van der Waals surface area contributed by atoms with Gasteiger partial charge >= 0.3 is 6.18 Å². The van der Waals surface area contributed by atoms with E-state index in [0.29, 0.717) is 11.4 Å². The van der Waals surface area contributed by atoms with Gasteiger partial charge in [-0.15, -0.1) is 0 Å². The van der Waals surface area contributed by atoms with Crippen LogP contribution in [0.3, 0.4) is 0 Å². The Balaban J connectivity index is 1.60. The summed E-state index contributed by atoms with van der Waals surface area (Å²) in [7, 11) is 0. The van der Waals surface area contributed by atoms with Crippen molar-refractivity contribution in [3.05, 3.63) is 59.7 Å². The molecule has 1 amide bonds. The molecule has 2 heterocycles. The van der Waals surface area contributed by atoms with Gasteiger partial charge in [-0.1, -0.05) is 30.0 Å². The highest BCUT2D eigenvalue weighted by molar-refractivity contribution is 7.99. The van der Waals surface area contributed by atoms with E-state index in [1.807, 2.05) is 37.3 Å². The molecule has 1 aromatic carbocycles. The van der Waals surface area contributed by atoms with Crippen molar-refractivity contribution in [3.8, 4) is 5.69 Å². The summed E-state index contributed by atoms with van der Waals surface area (Å²) < 4.78 is 39.8. The van der Waals surface area contributed by atoms with Gasteiger partial charge in [-0.05, 0) is 32.0 Å². The Morgan fingerprint density at radius 3 is 2.59 bits per heavy atom. The van der Waals surface area contributed by atoms with Crippen molar-refractivity contribution < 1.29 is 18.0 Å². The maximum atomic E-state index is 12.7. The number of aryl methyl sites for hydroxylation is 1. The van der Waals surface area contributed by atoms with E-state index < -0.39 is 11.9 Å². The molecule has 0 saturated carbocycles. The molecule has 1 N–H and O–H groups in total. The summed E-state index contributed by atoms with van der Waals surface area (Å²) in [4.78, 5) is 19.6. The lowest BCUT2D eigenvalue weighted by atomic mass is 10.3. The van der Waals surface area contributed by atoms with Crippen molar-refractivity contribution >= 4 is 23.4 Å². The summed E-state index contributed by atoms with van der Waals surface area (Å²) in [5.74, 6) is -0.0128. The second-order valence-corrected chi connectivity index (χ2v) is 7.22. The maximum Gasteiger partial charge on any atom is 0.433 e. The number of halogens is 3. The minimum absolute atomic E-state index is 0.0168. The Hall–Kier alpha value is -2.88. The largest absolute Gasteiger partial charge is 0.433 e. The molecule has 0 aliphatic carbocycles. The first kappa shape index (κ1) is 20.8. The molecule has 0 radical (unpaired) electrons. The number of para-hydroxylation sites is 1. The maximum absolute atomic E-state index is 12.7. The number of nitrogens with zero attached hydrogens (tertiary/aromatic N) is 4. The number of benzene rings is 1. The molecule has 0 bridgehead atoms. The molecule has 6 nitrogen and oxygen atoms in total. The van der Waals surface area contributed by atoms with E-state index in [2.05, 4.69) is 20.4 Å².